The van der Waals surface area contributed by atoms with Gasteiger partial charge in [-0.3, -0.25) is 4.79 Å². The van der Waals surface area contributed by atoms with Crippen LogP contribution in [0.3, 0.4) is 0 Å². The molecule has 0 spiro atoms. The Morgan fingerprint density at radius 2 is 2.14 bits per heavy atom. The van der Waals surface area contributed by atoms with E-state index < -0.39 is 0 Å². The van der Waals surface area contributed by atoms with E-state index in [0.29, 0.717) is 24.5 Å². The van der Waals surface area contributed by atoms with Gasteiger partial charge in [0.05, 0.1) is 17.5 Å². The molecule has 1 heterocycles. The van der Waals surface area contributed by atoms with E-state index in [4.69, 9.17) is 16.3 Å². The van der Waals surface area contributed by atoms with Crippen molar-refractivity contribution in [1.82, 2.24) is 5.32 Å². The highest BCUT2D eigenvalue weighted by Gasteiger charge is 2.20. The van der Waals surface area contributed by atoms with Gasteiger partial charge in [0.25, 0.3) is 5.91 Å². The average molecular weight is 308 g/mol. The molecule has 1 unspecified atom stereocenters. The van der Waals surface area contributed by atoms with Crippen LogP contribution < -0.4 is 10.1 Å². The molecule has 1 amide bonds. The number of hydrogen-bond donors (Lipinski definition) is 1. The number of benzene rings is 1. The lowest BCUT2D eigenvalue weighted by atomic mass is 9.97. The van der Waals surface area contributed by atoms with Crippen LogP contribution in [0.15, 0.2) is 18.2 Å². The van der Waals surface area contributed by atoms with Gasteiger partial charge in [0, 0.05) is 0 Å². The summed E-state index contributed by atoms with van der Waals surface area (Å²) in [4.78, 5) is 12.0. The maximum Gasteiger partial charge on any atom is 0.255 e. The van der Waals surface area contributed by atoms with Gasteiger partial charge in [-0.15, -0.1) is 11.6 Å². The molecule has 1 aromatic rings. The Morgan fingerprint density at radius 3 is 2.95 bits per heavy atom. The van der Waals surface area contributed by atoms with Crippen molar-refractivity contribution in [2.45, 2.75) is 43.9 Å². The van der Waals surface area contributed by atoms with Gasteiger partial charge in [0.1, 0.15) is 12.4 Å². The molecule has 3 rings (SSSR count). The van der Waals surface area contributed by atoms with Gasteiger partial charge in [-0.05, 0) is 36.5 Å². The average Bonchev–Trinajstić information content (AvgIpc) is 2.95. The number of amides is 1. The lowest BCUT2D eigenvalue weighted by molar-refractivity contribution is 0.0957. The fourth-order valence-corrected chi connectivity index (χ4v) is 3.58. The van der Waals surface area contributed by atoms with Gasteiger partial charge in [0.15, 0.2) is 0 Å². The monoisotopic (exact) mass is 307 g/mol. The third kappa shape index (κ3) is 3.52. The third-order valence-electron chi connectivity index (χ3n) is 4.56. The predicted octanol–water partition coefficient (Wildman–Crippen LogP) is 4.06. The summed E-state index contributed by atoms with van der Waals surface area (Å²) in [5, 5.41) is 2.82. The number of fused-ring (bicyclic) bond motifs is 1. The second-order valence-corrected chi connectivity index (χ2v) is 6.58. The number of carbonyl (C=O) groups excluding carboxylic acids is 1. The summed E-state index contributed by atoms with van der Waals surface area (Å²) in [5.41, 5.74) is 1.63. The maximum absolute atomic E-state index is 12.0. The van der Waals surface area contributed by atoms with E-state index in [-0.39, 0.29) is 11.3 Å². The molecule has 0 saturated heterocycles. The molecule has 1 fully saturated rings. The van der Waals surface area contributed by atoms with Crippen molar-refractivity contribution in [3.63, 3.8) is 0 Å². The second-order valence-electron chi connectivity index (χ2n) is 6.06. The van der Waals surface area contributed by atoms with Crippen molar-refractivity contribution in [2.75, 3.05) is 13.2 Å². The minimum Gasteiger partial charge on any atom is -0.491 e. The second kappa shape index (κ2) is 6.69. The van der Waals surface area contributed by atoms with Crippen LogP contribution in [0, 0.1) is 5.92 Å². The molecule has 1 aliphatic heterocycles. The molecule has 1 N–H and O–H groups in total. The molecular weight excluding hydrogens is 286 g/mol. The number of alkyl halides is 1. The van der Waals surface area contributed by atoms with Crippen molar-refractivity contribution in [1.29, 1.82) is 0 Å². The van der Waals surface area contributed by atoms with Crippen LogP contribution in [0.25, 0.3) is 0 Å². The largest absolute Gasteiger partial charge is 0.491 e. The number of carbonyl (C=O) groups is 1. The summed E-state index contributed by atoms with van der Waals surface area (Å²) < 4.78 is 5.57. The predicted molar refractivity (Wildman–Crippen MR) is 84.1 cm³/mol. The SMILES string of the molecule is O=C1NCCOc2ccc(C(Cl)CCC3CCCC3)cc21. The molecule has 114 valence electrons. The zero-order valence-electron chi connectivity index (χ0n) is 12.2. The van der Waals surface area contributed by atoms with Crippen LogP contribution in [-0.2, 0) is 0 Å². The van der Waals surface area contributed by atoms with Crippen molar-refractivity contribution in [3.05, 3.63) is 29.3 Å². The van der Waals surface area contributed by atoms with E-state index in [1.807, 2.05) is 18.2 Å². The first-order valence-corrected chi connectivity index (χ1v) is 8.36. The lowest BCUT2D eigenvalue weighted by Gasteiger charge is -2.15. The molecule has 1 aromatic carbocycles. The van der Waals surface area contributed by atoms with Gasteiger partial charge in [-0.25, -0.2) is 0 Å². The molecule has 4 heteroatoms. The smallest absolute Gasteiger partial charge is 0.255 e. The van der Waals surface area contributed by atoms with Crippen LogP contribution in [0.2, 0.25) is 0 Å². The van der Waals surface area contributed by atoms with Gasteiger partial charge in [0.2, 0.25) is 0 Å². The highest BCUT2D eigenvalue weighted by atomic mass is 35.5. The summed E-state index contributed by atoms with van der Waals surface area (Å²) in [7, 11) is 0. The Bertz CT molecular complexity index is 512. The van der Waals surface area contributed by atoms with Crippen LogP contribution in [0.5, 0.6) is 5.75 Å². The summed E-state index contributed by atoms with van der Waals surface area (Å²) >= 11 is 6.54. The van der Waals surface area contributed by atoms with E-state index in [9.17, 15) is 4.79 Å². The molecule has 3 nitrogen and oxygen atoms in total. The van der Waals surface area contributed by atoms with Crippen molar-refractivity contribution < 1.29 is 9.53 Å². The topological polar surface area (TPSA) is 38.3 Å². The number of ether oxygens (including phenoxy) is 1. The van der Waals surface area contributed by atoms with Gasteiger partial charge in [-0.2, -0.15) is 0 Å². The van der Waals surface area contributed by atoms with Gasteiger partial charge < -0.3 is 10.1 Å². The molecule has 21 heavy (non-hydrogen) atoms. The van der Waals surface area contributed by atoms with Crippen LogP contribution in [0.1, 0.15) is 59.8 Å². The molecule has 2 aliphatic rings. The van der Waals surface area contributed by atoms with E-state index >= 15 is 0 Å². The lowest BCUT2D eigenvalue weighted by Crippen LogP contribution is -2.24. The Balaban J connectivity index is 1.68. The zero-order valence-corrected chi connectivity index (χ0v) is 13.0. The Morgan fingerprint density at radius 1 is 1.33 bits per heavy atom. The van der Waals surface area contributed by atoms with Gasteiger partial charge >= 0.3 is 0 Å². The fourth-order valence-electron chi connectivity index (χ4n) is 3.31. The fraction of sp³-hybridized carbons (Fsp3) is 0.588. The van der Waals surface area contributed by atoms with Gasteiger partial charge in [-0.1, -0.05) is 31.7 Å². The molecular formula is C17H22ClNO2. The Hall–Kier alpha value is -1.22. The van der Waals surface area contributed by atoms with E-state index in [1.54, 1.807) is 0 Å². The van der Waals surface area contributed by atoms with Crippen LogP contribution in [0.4, 0.5) is 0 Å². The molecule has 0 aromatic heterocycles. The highest BCUT2D eigenvalue weighted by Crippen LogP contribution is 2.35. The first-order chi connectivity index (χ1) is 10.2. The minimum absolute atomic E-state index is 0.0213. The summed E-state index contributed by atoms with van der Waals surface area (Å²) in [6, 6.07) is 5.76. The summed E-state index contributed by atoms with van der Waals surface area (Å²) in [6.45, 7) is 1.07. The first kappa shape index (κ1) is 14.7. The Labute approximate surface area is 131 Å². The zero-order chi connectivity index (χ0) is 14.7. The number of nitrogens with one attached hydrogen (secondary N) is 1. The quantitative estimate of drug-likeness (QED) is 0.852. The maximum atomic E-state index is 12.0. The van der Waals surface area contributed by atoms with E-state index in [2.05, 4.69) is 5.32 Å². The molecule has 0 radical (unpaired) electrons. The third-order valence-corrected chi connectivity index (χ3v) is 5.03. The van der Waals surface area contributed by atoms with Crippen molar-refractivity contribution in [3.8, 4) is 5.75 Å². The molecule has 1 atom stereocenters. The first-order valence-electron chi connectivity index (χ1n) is 7.93. The number of hydrogen-bond acceptors (Lipinski definition) is 2. The number of halogens is 1. The normalized spacial score (nSPS) is 20.3. The summed E-state index contributed by atoms with van der Waals surface area (Å²) in [6.07, 6.45) is 7.61. The number of rotatable bonds is 4. The van der Waals surface area contributed by atoms with Crippen molar-refractivity contribution >= 4 is 17.5 Å². The summed E-state index contributed by atoms with van der Waals surface area (Å²) in [5.74, 6) is 1.44. The van der Waals surface area contributed by atoms with Crippen LogP contribution >= 0.6 is 11.6 Å². The van der Waals surface area contributed by atoms with Crippen LogP contribution in [-0.4, -0.2) is 19.1 Å². The Kier molecular flexibility index (Phi) is 4.69. The molecule has 1 saturated carbocycles. The molecule has 1 aliphatic carbocycles. The highest BCUT2D eigenvalue weighted by molar-refractivity contribution is 6.20. The van der Waals surface area contributed by atoms with E-state index in [0.717, 1.165) is 17.9 Å². The van der Waals surface area contributed by atoms with Crippen molar-refractivity contribution in [2.24, 2.45) is 5.92 Å². The molecule has 0 bridgehead atoms. The van der Waals surface area contributed by atoms with E-state index in [1.165, 1.54) is 32.1 Å². The minimum atomic E-state index is -0.0657. The standard InChI is InChI=1S/C17H22ClNO2/c18-15(7-5-12-3-1-2-4-12)13-6-8-16-14(11-13)17(20)19-9-10-21-16/h6,8,11-12,15H,1-5,7,9-10H2,(H,19,20).